The number of hydrogen-bond donors (Lipinski definition) is 0. The average molecular weight is 700 g/mol. The lowest BCUT2D eigenvalue weighted by Crippen LogP contribution is -2.00. The van der Waals surface area contributed by atoms with Crippen LogP contribution in [0.5, 0.6) is 0 Å². The summed E-state index contributed by atoms with van der Waals surface area (Å²) in [7, 11) is 0. The standard InChI is InChI=1S/C50H29N5/c1-52-33-22-27-49-43(29-33)42-26-24-35(54-46-19-9-5-15-40(46)41-16-6-10-20-47(41)54)30-50(42)55(49)48-21-11-2-12-37(48)36-25-23-34(28-32(36)31-51)53-44-17-7-3-13-38(44)39-14-4-8-18-45(39)53/h2-30H. The van der Waals surface area contributed by atoms with Crippen molar-refractivity contribution in [3.8, 4) is 34.3 Å². The first-order chi connectivity index (χ1) is 27.2. The fourth-order valence-corrected chi connectivity index (χ4v) is 8.76. The summed E-state index contributed by atoms with van der Waals surface area (Å²) in [5.74, 6) is 0. The molecule has 0 saturated carbocycles. The molecule has 0 spiro atoms. The van der Waals surface area contributed by atoms with E-state index in [0.717, 1.165) is 72.1 Å². The minimum absolute atomic E-state index is 0.592. The van der Waals surface area contributed by atoms with E-state index in [1.165, 1.54) is 21.5 Å². The summed E-state index contributed by atoms with van der Waals surface area (Å²) in [5, 5.41) is 17.6. The highest BCUT2D eigenvalue weighted by Crippen LogP contribution is 2.41. The Kier molecular flexibility index (Phi) is 6.61. The van der Waals surface area contributed by atoms with Crippen molar-refractivity contribution in [2.45, 2.75) is 0 Å². The van der Waals surface area contributed by atoms with Crippen LogP contribution in [-0.4, -0.2) is 13.7 Å². The second-order valence-corrected chi connectivity index (χ2v) is 13.9. The van der Waals surface area contributed by atoms with Crippen molar-refractivity contribution in [2.75, 3.05) is 0 Å². The highest BCUT2D eigenvalue weighted by Gasteiger charge is 2.20. The molecular formula is C50H29N5. The Morgan fingerprint density at radius 2 is 0.891 bits per heavy atom. The van der Waals surface area contributed by atoms with Gasteiger partial charge in [0.15, 0.2) is 5.69 Å². The lowest BCUT2D eigenvalue weighted by atomic mass is 9.97. The van der Waals surface area contributed by atoms with Gasteiger partial charge in [-0.15, -0.1) is 0 Å². The van der Waals surface area contributed by atoms with Gasteiger partial charge in [-0.1, -0.05) is 109 Å². The summed E-state index contributed by atoms with van der Waals surface area (Å²) in [6, 6.07) is 63.6. The first-order valence-electron chi connectivity index (χ1n) is 18.3. The molecule has 3 heterocycles. The molecular weight excluding hydrogens is 671 g/mol. The van der Waals surface area contributed by atoms with Crippen LogP contribution in [0.1, 0.15) is 5.56 Å². The molecule has 3 aromatic heterocycles. The minimum atomic E-state index is 0.592. The molecule has 5 nitrogen and oxygen atoms in total. The van der Waals surface area contributed by atoms with Crippen molar-refractivity contribution in [1.29, 1.82) is 5.26 Å². The molecule has 0 aliphatic rings. The number of hydrogen-bond acceptors (Lipinski definition) is 1. The summed E-state index contributed by atoms with van der Waals surface area (Å²) in [6.07, 6.45) is 0. The number of aromatic nitrogens is 3. The van der Waals surface area contributed by atoms with Crippen molar-refractivity contribution in [2.24, 2.45) is 0 Å². The molecule has 8 aromatic carbocycles. The number of rotatable bonds is 4. The van der Waals surface area contributed by atoms with Crippen LogP contribution in [0.4, 0.5) is 5.69 Å². The molecule has 0 unspecified atom stereocenters. The van der Waals surface area contributed by atoms with Crippen LogP contribution >= 0.6 is 0 Å². The fourth-order valence-electron chi connectivity index (χ4n) is 8.76. The van der Waals surface area contributed by atoms with Gasteiger partial charge in [0, 0.05) is 49.4 Å². The lowest BCUT2D eigenvalue weighted by Gasteiger charge is -2.17. The third kappa shape index (κ3) is 4.45. The first-order valence-corrected chi connectivity index (χ1v) is 18.3. The van der Waals surface area contributed by atoms with E-state index >= 15 is 0 Å². The molecule has 11 rings (SSSR count). The highest BCUT2D eigenvalue weighted by atomic mass is 15.0. The van der Waals surface area contributed by atoms with Crippen molar-refractivity contribution >= 4 is 71.1 Å². The predicted molar refractivity (Wildman–Crippen MR) is 226 cm³/mol. The zero-order chi connectivity index (χ0) is 36.6. The molecule has 0 bridgehead atoms. The fraction of sp³-hybridized carbons (Fsp3) is 0. The molecule has 254 valence electrons. The summed E-state index contributed by atoms with van der Waals surface area (Å²) in [4.78, 5) is 3.79. The second kappa shape index (κ2) is 11.8. The Morgan fingerprint density at radius 1 is 0.400 bits per heavy atom. The zero-order valence-corrected chi connectivity index (χ0v) is 29.5. The van der Waals surface area contributed by atoms with Crippen molar-refractivity contribution in [3.63, 3.8) is 0 Å². The van der Waals surface area contributed by atoms with Crippen LogP contribution in [0.25, 0.3) is 98.5 Å². The smallest absolute Gasteiger partial charge is 0.188 e. The van der Waals surface area contributed by atoms with Gasteiger partial charge in [0.25, 0.3) is 0 Å². The van der Waals surface area contributed by atoms with Gasteiger partial charge < -0.3 is 13.7 Å². The molecule has 0 saturated heterocycles. The molecule has 5 heteroatoms. The van der Waals surface area contributed by atoms with Gasteiger partial charge in [-0.25, -0.2) is 4.85 Å². The van der Waals surface area contributed by atoms with Gasteiger partial charge in [-0.3, -0.25) is 0 Å². The van der Waals surface area contributed by atoms with E-state index in [4.69, 9.17) is 6.57 Å². The summed E-state index contributed by atoms with van der Waals surface area (Å²) in [5.41, 5.74) is 12.4. The second-order valence-electron chi connectivity index (χ2n) is 13.9. The highest BCUT2D eigenvalue weighted by molar-refractivity contribution is 6.13. The van der Waals surface area contributed by atoms with E-state index in [1.807, 2.05) is 24.3 Å². The first kappa shape index (κ1) is 30.7. The summed E-state index contributed by atoms with van der Waals surface area (Å²) >= 11 is 0. The monoisotopic (exact) mass is 699 g/mol. The summed E-state index contributed by atoms with van der Waals surface area (Å²) in [6.45, 7) is 7.81. The van der Waals surface area contributed by atoms with E-state index in [2.05, 4.69) is 176 Å². The molecule has 0 amide bonds. The van der Waals surface area contributed by atoms with Gasteiger partial charge in [0.05, 0.1) is 57.0 Å². The van der Waals surface area contributed by atoms with Crippen molar-refractivity contribution < 1.29 is 0 Å². The largest absolute Gasteiger partial charge is 0.309 e. The Hall–Kier alpha value is -7.86. The van der Waals surface area contributed by atoms with Crippen molar-refractivity contribution in [1.82, 2.24) is 13.7 Å². The van der Waals surface area contributed by atoms with Crippen LogP contribution in [-0.2, 0) is 0 Å². The van der Waals surface area contributed by atoms with Crippen LogP contribution < -0.4 is 0 Å². The van der Waals surface area contributed by atoms with Gasteiger partial charge >= 0.3 is 0 Å². The maximum atomic E-state index is 10.8. The number of benzene rings is 8. The lowest BCUT2D eigenvalue weighted by molar-refractivity contribution is 1.15. The van der Waals surface area contributed by atoms with Gasteiger partial charge in [0.2, 0.25) is 0 Å². The maximum absolute atomic E-state index is 10.8. The SMILES string of the molecule is [C-]#[N+]c1ccc2c(c1)c1ccc(-n3c4ccccc4c4ccccc43)cc1n2-c1ccccc1-c1ccc(-n2c3ccccc3c3ccccc32)cc1C#N. The maximum Gasteiger partial charge on any atom is 0.188 e. The van der Waals surface area contributed by atoms with E-state index in [9.17, 15) is 5.26 Å². The quantitative estimate of drug-likeness (QED) is 0.169. The number of nitriles is 1. The zero-order valence-electron chi connectivity index (χ0n) is 29.5. The molecule has 0 aliphatic heterocycles. The molecule has 0 N–H and O–H groups in total. The molecule has 0 aliphatic carbocycles. The number of nitrogens with zero attached hydrogens (tertiary/aromatic N) is 5. The molecule has 0 radical (unpaired) electrons. The summed E-state index contributed by atoms with van der Waals surface area (Å²) < 4.78 is 6.89. The number of fused-ring (bicyclic) bond motifs is 9. The van der Waals surface area contributed by atoms with Crippen LogP contribution in [0, 0.1) is 17.9 Å². The molecule has 0 fully saturated rings. The Labute approximate surface area is 316 Å². The van der Waals surface area contributed by atoms with E-state index in [0.29, 0.717) is 11.3 Å². The van der Waals surface area contributed by atoms with Crippen LogP contribution in [0.15, 0.2) is 176 Å². The van der Waals surface area contributed by atoms with E-state index in [-0.39, 0.29) is 0 Å². The Balaban J connectivity index is 1.16. The number of para-hydroxylation sites is 5. The Morgan fingerprint density at radius 3 is 1.47 bits per heavy atom. The molecule has 0 atom stereocenters. The molecule has 55 heavy (non-hydrogen) atoms. The van der Waals surface area contributed by atoms with Crippen LogP contribution in [0.2, 0.25) is 0 Å². The van der Waals surface area contributed by atoms with E-state index in [1.54, 1.807) is 0 Å². The Bertz CT molecular complexity index is 3360. The topological polar surface area (TPSA) is 42.9 Å². The minimum Gasteiger partial charge on any atom is -0.309 e. The average Bonchev–Trinajstić information content (AvgIpc) is 3.88. The van der Waals surface area contributed by atoms with Gasteiger partial charge in [-0.2, -0.15) is 5.26 Å². The van der Waals surface area contributed by atoms with Gasteiger partial charge in [-0.05, 0) is 72.1 Å². The molecule has 11 aromatic rings. The van der Waals surface area contributed by atoms with Crippen molar-refractivity contribution in [3.05, 3.63) is 193 Å². The van der Waals surface area contributed by atoms with Gasteiger partial charge in [0.1, 0.15) is 0 Å². The third-order valence-corrected chi connectivity index (χ3v) is 11.1. The van der Waals surface area contributed by atoms with E-state index < -0.39 is 0 Å². The van der Waals surface area contributed by atoms with Crippen LogP contribution in [0.3, 0.4) is 0 Å². The predicted octanol–water partition coefficient (Wildman–Crippen LogP) is 13.1. The normalized spacial score (nSPS) is 11.6. The third-order valence-electron chi connectivity index (χ3n) is 11.1.